The van der Waals surface area contributed by atoms with E-state index in [1.807, 2.05) is 0 Å². The number of hydrogen-bond acceptors (Lipinski definition) is 2. The molecular weight excluding hydrogens is 280 g/mol. The molecule has 2 unspecified atom stereocenters. The summed E-state index contributed by atoms with van der Waals surface area (Å²) in [5.41, 5.74) is 2.49. The van der Waals surface area contributed by atoms with E-state index in [9.17, 15) is 0 Å². The van der Waals surface area contributed by atoms with Gasteiger partial charge in [-0.3, -0.25) is 4.90 Å². The number of hydrogen-bond donors (Lipinski definition) is 1. The number of aryl methyl sites for hydroxylation is 1. The van der Waals surface area contributed by atoms with Crippen LogP contribution in [0.1, 0.15) is 44.7 Å². The van der Waals surface area contributed by atoms with Crippen LogP contribution < -0.4 is 5.32 Å². The van der Waals surface area contributed by atoms with Crippen LogP contribution >= 0.6 is 11.6 Å². The normalized spacial score (nSPS) is 23.7. The summed E-state index contributed by atoms with van der Waals surface area (Å²) in [7, 11) is 0. The zero-order valence-electron chi connectivity index (χ0n) is 13.8. The van der Waals surface area contributed by atoms with Gasteiger partial charge in [-0.25, -0.2) is 0 Å². The smallest absolute Gasteiger partial charge is 0.0453 e. The van der Waals surface area contributed by atoms with Crippen LogP contribution in [0.25, 0.3) is 0 Å². The van der Waals surface area contributed by atoms with E-state index in [2.05, 4.69) is 56.1 Å². The molecule has 2 atom stereocenters. The zero-order chi connectivity index (χ0) is 15.4. The molecule has 1 aliphatic rings. The Hall–Kier alpha value is -0.570. The minimum Gasteiger partial charge on any atom is -0.311 e. The Bertz CT molecular complexity index is 459. The molecule has 0 aromatic heterocycles. The lowest BCUT2D eigenvalue weighted by atomic mass is 9.97. The van der Waals surface area contributed by atoms with Gasteiger partial charge in [0.15, 0.2) is 0 Å². The number of piperazine rings is 1. The van der Waals surface area contributed by atoms with Gasteiger partial charge in [0.1, 0.15) is 0 Å². The molecule has 1 saturated heterocycles. The van der Waals surface area contributed by atoms with E-state index in [1.165, 1.54) is 24.0 Å². The first-order valence-corrected chi connectivity index (χ1v) is 8.61. The third-order valence-corrected chi connectivity index (χ3v) is 4.92. The number of rotatable bonds is 5. The monoisotopic (exact) mass is 308 g/mol. The minimum absolute atomic E-state index is 0.585. The second kappa shape index (κ2) is 7.62. The molecule has 2 rings (SSSR count). The third kappa shape index (κ3) is 4.45. The van der Waals surface area contributed by atoms with Crippen LogP contribution in [0.2, 0.25) is 5.02 Å². The molecule has 0 aliphatic carbocycles. The van der Waals surface area contributed by atoms with E-state index >= 15 is 0 Å². The van der Waals surface area contributed by atoms with E-state index in [4.69, 9.17) is 11.6 Å². The topological polar surface area (TPSA) is 15.3 Å². The average molecular weight is 309 g/mol. The molecule has 0 radical (unpaired) electrons. The molecule has 0 amide bonds. The van der Waals surface area contributed by atoms with Crippen LogP contribution in [-0.2, 0) is 6.54 Å². The molecule has 1 heterocycles. The van der Waals surface area contributed by atoms with Gasteiger partial charge < -0.3 is 5.32 Å². The summed E-state index contributed by atoms with van der Waals surface area (Å²) in [4.78, 5) is 2.63. The van der Waals surface area contributed by atoms with E-state index in [-0.39, 0.29) is 0 Å². The Morgan fingerprint density at radius 3 is 2.76 bits per heavy atom. The van der Waals surface area contributed by atoms with Crippen molar-refractivity contribution in [3.63, 3.8) is 0 Å². The number of nitrogens with one attached hydrogen (secondary N) is 1. The van der Waals surface area contributed by atoms with Crippen molar-refractivity contribution in [1.82, 2.24) is 10.2 Å². The summed E-state index contributed by atoms with van der Waals surface area (Å²) in [6.45, 7) is 12.1. The van der Waals surface area contributed by atoms with Gasteiger partial charge >= 0.3 is 0 Å². The van der Waals surface area contributed by atoms with Gasteiger partial charge in [0.2, 0.25) is 0 Å². The van der Waals surface area contributed by atoms with E-state index in [0.717, 1.165) is 24.7 Å². The summed E-state index contributed by atoms with van der Waals surface area (Å²) in [5, 5.41) is 4.63. The first kappa shape index (κ1) is 16.8. The zero-order valence-corrected chi connectivity index (χ0v) is 14.6. The maximum Gasteiger partial charge on any atom is 0.0453 e. The van der Waals surface area contributed by atoms with E-state index < -0.39 is 0 Å². The molecule has 2 nitrogen and oxygen atoms in total. The van der Waals surface area contributed by atoms with Crippen LogP contribution in [0.15, 0.2) is 18.2 Å². The van der Waals surface area contributed by atoms with Gasteiger partial charge in [0, 0.05) is 36.7 Å². The number of nitrogens with zero attached hydrogens (tertiary/aromatic N) is 1. The predicted octanol–water partition coefficient (Wildman–Crippen LogP) is 4.25. The maximum absolute atomic E-state index is 6.43. The van der Waals surface area contributed by atoms with E-state index in [0.29, 0.717) is 18.0 Å². The molecule has 0 saturated carbocycles. The Balaban J connectivity index is 2.11. The van der Waals surface area contributed by atoms with Crippen LogP contribution in [0.4, 0.5) is 0 Å². The van der Waals surface area contributed by atoms with Crippen molar-refractivity contribution in [2.45, 2.75) is 59.2 Å². The Kier molecular flexibility index (Phi) is 6.09. The quantitative estimate of drug-likeness (QED) is 0.875. The molecule has 118 valence electrons. The molecule has 1 fully saturated rings. The van der Waals surface area contributed by atoms with Gasteiger partial charge in [0.05, 0.1) is 0 Å². The lowest BCUT2D eigenvalue weighted by molar-refractivity contribution is 0.0997. The Morgan fingerprint density at radius 2 is 2.14 bits per heavy atom. The van der Waals surface area contributed by atoms with Gasteiger partial charge in [-0.05, 0) is 36.5 Å². The highest BCUT2D eigenvalue weighted by molar-refractivity contribution is 6.31. The van der Waals surface area contributed by atoms with Crippen LogP contribution in [0, 0.1) is 12.8 Å². The lowest BCUT2D eigenvalue weighted by Crippen LogP contribution is -2.57. The predicted molar refractivity (Wildman–Crippen MR) is 91.9 cm³/mol. The highest BCUT2D eigenvalue weighted by Crippen LogP contribution is 2.23. The van der Waals surface area contributed by atoms with Gasteiger partial charge in [-0.2, -0.15) is 0 Å². The first-order chi connectivity index (χ1) is 10.0. The number of benzene rings is 1. The molecule has 3 heteroatoms. The maximum atomic E-state index is 6.43. The van der Waals surface area contributed by atoms with E-state index in [1.54, 1.807) is 0 Å². The molecule has 1 aliphatic heterocycles. The summed E-state index contributed by atoms with van der Waals surface area (Å²) >= 11 is 6.43. The largest absolute Gasteiger partial charge is 0.311 e. The molecule has 1 aromatic rings. The molecule has 1 N–H and O–H groups in total. The molecular formula is C18H29ClN2. The highest BCUT2D eigenvalue weighted by atomic mass is 35.5. The van der Waals surface area contributed by atoms with Crippen molar-refractivity contribution in [1.29, 1.82) is 0 Å². The SMILES string of the molecule is CCCC1CNC(C(C)C)CN1Cc1ccc(C)cc1Cl. The summed E-state index contributed by atoms with van der Waals surface area (Å²) in [6.07, 6.45) is 2.48. The van der Waals surface area contributed by atoms with Crippen LogP contribution in [-0.4, -0.2) is 30.1 Å². The average Bonchev–Trinajstić information content (AvgIpc) is 2.43. The van der Waals surface area contributed by atoms with Crippen molar-refractivity contribution < 1.29 is 0 Å². The molecule has 0 bridgehead atoms. The van der Waals surface area contributed by atoms with Crippen molar-refractivity contribution in [2.75, 3.05) is 13.1 Å². The fraction of sp³-hybridized carbons (Fsp3) is 0.667. The van der Waals surface area contributed by atoms with Crippen molar-refractivity contribution in [2.24, 2.45) is 5.92 Å². The summed E-state index contributed by atoms with van der Waals surface area (Å²) in [5.74, 6) is 0.670. The van der Waals surface area contributed by atoms with Crippen molar-refractivity contribution in [3.05, 3.63) is 34.3 Å². The second-order valence-electron chi connectivity index (χ2n) is 6.73. The standard InChI is InChI=1S/C18H29ClN2/c1-5-6-16-10-20-18(13(2)3)12-21(16)11-15-8-7-14(4)9-17(15)19/h7-9,13,16,18,20H,5-6,10-12H2,1-4H3. The Labute approximate surface area is 134 Å². The highest BCUT2D eigenvalue weighted by Gasteiger charge is 2.29. The summed E-state index contributed by atoms with van der Waals surface area (Å²) < 4.78 is 0. The fourth-order valence-corrected chi connectivity index (χ4v) is 3.44. The molecule has 21 heavy (non-hydrogen) atoms. The van der Waals surface area contributed by atoms with Crippen molar-refractivity contribution in [3.8, 4) is 0 Å². The van der Waals surface area contributed by atoms with Crippen LogP contribution in [0.5, 0.6) is 0 Å². The second-order valence-corrected chi connectivity index (χ2v) is 7.13. The first-order valence-electron chi connectivity index (χ1n) is 8.23. The van der Waals surface area contributed by atoms with Gasteiger partial charge in [-0.1, -0.05) is 50.9 Å². The lowest BCUT2D eigenvalue weighted by Gasteiger charge is -2.42. The third-order valence-electron chi connectivity index (χ3n) is 4.57. The van der Waals surface area contributed by atoms with Gasteiger partial charge in [-0.15, -0.1) is 0 Å². The fourth-order valence-electron chi connectivity index (χ4n) is 3.14. The molecule has 0 spiro atoms. The van der Waals surface area contributed by atoms with Crippen LogP contribution in [0.3, 0.4) is 0 Å². The summed E-state index contributed by atoms with van der Waals surface area (Å²) in [6, 6.07) is 7.64. The van der Waals surface area contributed by atoms with Gasteiger partial charge in [0.25, 0.3) is 0 Å². The Morgan fingerprint density at radius 1 is 1.38 bits per heavy atom. The minimum atomic E-state index is 0.585. The number of halogens is 1. The van der Waals surface area contributed by atoms with Crippen molar-refractivity contribution >= 4 is 11.6 Å². The molecule has 1 aromatic carbocycles.